The van der Waals surface area contributed by atoms with Crippen LogP contribution in [0.5, 0.6) is 0 Å². The molecule has 16 heavy (non-hydrogen) atoms. The molecular weight excluding hydrogens is 325 g/mol. The molecule has 2 aromatic rings. The summed E-state index contributed by atoms with van der Waals surface area (Å²) in [5, 5.41) is 6.52. The average molecular weight is 333 g/mol. The Kier molecular flexibility index (Phi) is 3.49. The zero-order valence-electron chi connectivity index (χ0n) is 8.11. The van der Waals surface area contributed by atoms with Crippen molar-refractivity contribution in [3.8, 4) is 0 Å². The first-order valence-electron chi connectivity index (χ1n) is 4.50. The summed E-state index contributed by atoms with van der Waals surface area (Å²) < 4.78 is 5.37. The van der Waals surface area contributed by atoms with Gasteiger partial charge in [0.25, 0.3) is 5.56 Å². The number of rotatable bonds is 4. The maximum atomic E-state index is 11.2. The molecule has 0 spiro atoms. The van der Waals surface area contributed by atoms with Crippen molar-refractivity contribution in [2.75, 3.05) is 11.9 Å². The molecule has 2 aromatic heterocycles. The number of nitrogens with zero attached hydrogens (tertiary/aromatic N) is 3. The van der Waals surface area contributed by atoms with Crippen molar-refractivity contribution in [3.63, 3.8) is 0 Å². The summed E-state index contributed by atoms with van der Waals surface area (Å²) >= 11 is 1.94. The van der Waals surface area contributed by atoms with Crippen molar-refractivity contribution in [3.05, 3.63) is 32.5 Å². The minimum atomic E-state index is -0.157. The van der Waals surface area contributed by atoms with E-state index < -0.39 is 0 Å². The van der Waals surface area contributed by atoms with Gasteiger partial charge in [-0.15, -0.1) is 0 Å². The summed E-state index contributed by atoms with van der Waals surface area (Å²) in [4.78, 5) is 21.6. The normalized spacial score (nSPS) is 10.3. The van der Waals surface area contributed by atoms with Crippen LogP contribution in [0.25, 0.3) is 0 Å². The van der Waals surface area contributed by atoms with Gasteiger partial charge in [-0.3, -0.25) is 4.79 Å². The van der Waals surface area contributed by atoms with Gasteiger partial charge in [0.2, 0.25) is 5.89 Å². The molecule has 7 nitrogen and oxygen atoms in total. The van der Waals surface area contributed by atoms with Crippen LogP contribution in [0.3, 0.4) is 0 Å². The first-order valence-corrected chi connectivity index (χ1v) is 5.58. The summed E-state index contributed by atoms with van der Waals surface area (Å²) in [6, 6.07) is 0. The molecule has 2 heterocycles. The Balaban J connectivity index is 1.95. The predicted molar refractivity (Wildman–Crippen MR) is 64.1 cm³/mol. The van der Waals surface area contributed by atoms with Crippen molar-refractivity contribution < 1.29 is 4.52 Å². The minimum Gasteiger partial charge on any atom is -0.368 e. The lowest BCUT2D eigenvalue weighted by atomic mass is 10.4. The molecule has 0 saturated carbocycles. The van der Waals surface area contributed by atoms with Gasteiger partial charge in [0.15, 0.2) is 6.33 Å². The zero-order valence-corrected chi connectivity index (χ0v) is 10.3. The van der Waals surface area contributed by atoms with Crippen LogP contribution in [-0.4, -0.2) is 26.7 Å². The quantitative estimate of drug-likeness (QED) is 0.787. The van der Waals surface area contributed by atoms with E-state index in [2.05, 4.69) is 25.4 Å². The molecule has 2 N–H and O–H groups in total. The molecule has 0 amide bonds. The molecule has 0 saturated heterocycles. The van der Waals surface area contributed by atoms with Crippen molar-refractivity contribution in [1.29, 1.82) is 0 Å². The maximum Gasteiger partial charge on any atom is 0.266 e. The molecule has 8 heteroatoms. The number of nitrogens with one attached hydrogen (secondary N) is 2. The van der Waals surface area contributed by atoms with Crippen LogP contribution in [0.4, 0.5) is 5.82 Å². The lowest BCUT2D eigenvalue weighted by molar-refractivity contribution is 0.379. The Morgan fingerprint density at radius 2 is 2.38 bits per heavy atom. The first kappa shape index (κ1) is 11.0. The highest BCUT2D eigenvalue weighted by Gasteiger charge is 2.05. The van der Waals surface area contributed by atoms with Crippen molar-refractivity contribution >= 4 is 28.4 Å². The molecule has 0 aromatic carbocycles. The molecule has 0 aliphatic heterocycles. The molecule has 0 fully saturated rings. The van der Waals surface area contributed by atoms with E-state index in [1.54, 1.807) is 0 Å². The summed E-state index contributed by atoms with van der Waals surface area (Å²) in [6.45, 7) is 0.578. The fourth-order valence-electron chi connectivity index (χ4n) is 1.10. The number of anilines is 1. The van der Waals surface area contributed by atoms with Crippen LogP contribution in [-0.2, 0) is 6.42 Å². The van der Waals surface area contributed by atoms with Crippen molar-refractivity contribution in [2.24, 2.45) is 0 Å². The SMILES string of the molecule is O=c1[nH]cnc(NCCc2ncno2)c1I. The van der Waals surface area contributed by atoms with E-state index in [-0.39, 0.29) is 5.56 Å². The van der Waals surface area contributed by atoms with Gasteiger partial charge < -0.3 is 14.8 Å². The Labute approximate surface area is 104 Å². The van der Waals surface area contributed by atoms with E-state index in [0.717, 1.165) is 0 Å². The van der Waals surface area contributed by atoms with Gasteiger partial charge in [-0.2, -0.15) is 4.98 Å². The van der Waals surface area contributed by atoms with Gasteiger partial charge in [0.05, 0.1) is 6.33 Å². The molecular formula is C8H8IN5O2. The average Bonchev–Trinajstić information content (AvgIpc) is 2.77. The summed E-state index contributed by atoms with van der Waals surface area (Å²) in [6.07, 6.45) is 3.30. The van der Waals surface area contributed by atoms with Crippen LogP contribution in [0.15, 0.2) is 22.0 Å². The number of halogens is 1. The van der Waals surface area contributed by atoms with Gasteiger partial charge in [-0.1, -0.05) is 5.16 Å². The zero-order chi connectivity index (χ0) is 11.4. The summed E-state index contributed by atoms with van der Waals surface area (Å²) in [7, 11) is 0. The third-order valence-corrected chi connectivity index (χ3v) is 2.84. The molecule has 0 bridgehead atoms. The first-order chi connectivity index (χ1) is 7.77. The number of hydrogen-bond acceptors (Lipinski definition) is 6. The van der Waals surface area contributed by atoms with Crippen molar-refractivity contribution in [1.82, 2.24) is 20.1 Å². The van der Waals surface area contributed by atoms with Crippen LogP contribution in [0.2, 0.25) is 0 Å². The largest absolute Gasteiger partial charge is 0.368 e. The van der Waals surface area contributed by atoms with Crippen LogP contribution >= 0.6 is 22.6 Å². The molecule has 0 atom stereocenters. The Morgan fingerprint density at radius 1 is 1.50 bits per heavy atom. The second kappa shape index (κ2) is 5.05. The van der Waals surface area contributed by atoms with Gasteiger partial charge in [-0.05, 0) is 22.6 Å². The third kappa shape index (κ3) is 2.56. The molecule has 0 aliphatic rings. The van der Waals surface area contributed by atoms with E-state index in [1.165, 1.54) is 12.7 Å². The van der Waals surface area contributed by atoms with E-state index >= 15 is 0 Å². The van der Waals surface area contributed by atoms with Gasteiger partial charge in [-0.25, -0.2) is 4.98 Å². The monoisotopic (exact) mass is 333 g/mol. The standard InChI is InChI=1S/C8H8IN5O2/c9-6-7(12-3-13-8(6)15)10-2-1-5-11-4-14-16-5/h3-4H,1-2H2,(H2,10,12,13,15). The van der Waals surface area contributed by atoms with E-state index in [9.17, 15) is 4.79 Å². The molecule has 2 rings (SSSR count). The highest BCUT2D eigenvalue weighted by atomic mass is 127. The topological polar surface area (TPSA) is 96.7 Å². The number of H-pyrrole nitrogens is 1. The highest BCUT2D eigenvalue weighted by molar-refractivity contribution is 14.1. The van der Waals surface area contributed by atoms with E-state index in [4.69, 9.17) is 4.52 Å². The number of aromatic amines is 1. The van der Waals surface area contributed by atoms with Crippen LogP contribution in [0.1, 0.15) is 5.89 Å². The van der Waals surface area contributed by atoms with Gasteiger partial charge in [0.1, 0.15) is 9.39 Å². The molecule has 0 unspecified atom stereocenters. The number of aromatic nitrogens is 4. The van der Waals surface area contributed by atoms with E-state index in [1.807, 2.05) is 22.6 Å². The summed E-state index contributed by atoms with van der Waals surface area (Å²) in [5.74, 6) is 1.11. The third-order valence-electron chi connectivity index (χ3n) is 1.83. The second-order valence-electron chi connectivity index (χ2n) is 2.91. The predicted octanol–water partition coefficient (Wildman–Crippen LogP) is 0.412. The smallest absolute Gasteiger partial charge is 0.266 e. The second-order valence-corrected chi connectivity index (χ2v) is 3.98. The number of hydrogen-bond donors (Lipinski definition) is 2. The molecule has 0 radical (unpaired) electrons. The van der Waals surface area contributed by atoms with Crippen LogP contribution < -0.4 is 10.9 Å². The summed E-state index contributed by atoms with van der Waals surface area (Å²) in [5.41, 5.74) is -0.157. The van der Waals surface area contributed by atoms with Gasteiger partial charge in [0, 0.05) is 13.0 Å². The maximum absolute atomic E-state index is 11.2. The fourth-order valence-corrected chi connectivity index (χ4v) is 1.59. The lowest BCUT2D eigenvalue weighted by Crippen LogP contribution is -2.16. The van der Waals surface area contributed by atoms with Crippen molar-refractivity contribution in [2.45, 2.75) is 6.42 Å². The Bertz CT molecular complexity index is 509. The van der Waals surface area contributed by atoms with Gasteiger partial charge >= 0.3 is 0 Å². The molecule has 84 valence electrons. The van der Waals surface area contributed by atoms with E-state index in [0.29, 0.717) is 28.2 Å². The highest BCUT2D eigenvalue weighted by Crippen LogP contribution is 2.08. The Hall–Kier alpha value is -1.45. The lowest BCUT2D eigenvalue weighted by Gasteiger charge is -2.04. The Morgan fingerprint density at radius 3 is 3.12 bits per heavy atom. The minimum absolute atomic E-state index is 0.157. The van der Waals surface area contributed by atoms with Crippen LogP contribution in [0, 0.1) is 3.57 Å². The molecule has 0 aliphatic carbocycles. The fraction of sp³-hybridized carbons (Fsp3) is 0.250.